The Balaban J connectivity index is 2.55. The zero-order chi connectivity index (χ0) is 10.4. The van der Waals surface area contributed by atoms with E-state index < -0.39 is 0 Å². The highest BCUT2D eigenvalue weighted by atomic mass is 79.9. The van der Waals surface area contributed by atoms with Crippen molar-refractivity contribution in [3.63, 3.8) is 0 Å². The van der Waals surface area contributed by atoms with E-state index in [4.69, 9.17) is 0 Å². The average Bonchev–Trinajstić information content (AvgIpc) is 2.18. The van der Waals surface area contributed by atoms with Crippen LogP contribution in [0.1, 0.15) is 0 Å². The lowest BCUT2D eigenvalue weighted by Gasteiger charge is -2.20. The number of nitrogens with zero attached hydrogens (tertiary/aromatic N) is 1. The molecule has 0 heterocycles. The van der Waals surface area contributed by atoms with Crippen LogP contribution in [0.25, 0.3) is 0 Å². The van der Waals surface area contributed by atoms with E-state index in [0.29, 0.717) is 13.0 Å². The first-order valence-electron chi connectivity index (χ1n) is 4.38. The maximum atomic E-state index is 10.1. The molecule has 1 aromatic carbocycles. The van der Waals surface area contributed by atoms with E-state index >= 15 is 0 Å². The van der Waals surface area contributed by atoms with Crippen molar-refractivity contribution in [1.29, 1.82) is 0 Å². The molecule has 0 atom stereocenters. The molecule has 76 valence electrons. The fourth-order valence-electron chi connectivity index (χ4n) is 1.17. The summed E-state index contributed by atoms with van der Waals surface area (Å²) in [4.78, 5) is 12.1. The molecule has 0 aliphatic carbocycles. The Kier molecular flexibility index (Phi) is 4.46. The molecular weight excluding hydrogens is 244 g/mol. The van der Waals surface area contributed by atoms with Gasteiger partial charge in [0.25, 0.3) is 0 Å². The van der Waals surface area contributed by atoms with Gasteiger partial charge in [-0.25, -0.2) is 0 Å². The van der Waals surface area contributed by atoms with E-state index in [1.165, 1.54) is 0 Å². The molecule has 0 radical (unpaired) electrons. The van der Waals surface area contributed by atoms with Crippen molar-refractivity contribution in [1.82, 2.24) is 5.32 Å². The van der Waals surface area contributed by atoms with Crippen molar-refractivity contribution >= 4 is 28.0 Å². The Hall–Kier alpha value is -1.03. The van der Waals surface area contributed by atoms with Crippen molar-refractivity contribution in [2.75, 3.05) is 25.0 Å². The standard InChI is InChI=1S/C10H13BrN2O/c1-13(7-6-12-8-14)10-5-3-2-4-9(10)11/h2-5,8H,6-7H2,1H3,(H,12,14). The summed E-state index contributed by atoms with van der Waals surface area (Å²) in [6.45, 7) is 1.45. The second kappa shape index (κ2) is 5.65. The summed E-state index contributed by atoms with van der Waals surface area (Å²) >= 11 is 3.47. The number of rotatable bonds is 5. The number of likely N-dealkylation sites (N-methyl/N-ethyl adjacent to an activating group) is 1. The molecule has 0 unspecified atom stereocenters. The lowest BCUT2D eigenvalue weighted by atomic mass is 10.3. The summed E-state index contributed by atoms with van der Waals surface area (Å²) in [5.41, 5.74) is 1.13. The van der Waals surface area contributed by atoms with Gasteiger partial charge in [-0.2, -0.15) is 0 Å². The average molecular weight is 257 g/mol. The van der Waals surface area contributed by atoms with Crippen LogP contribution in [0.15, 0.2) is 28.7 Å². The molecule has 0 saturated heterocycles. The van der Waals surface area contributed by atoms with Crippen molar-refractivity contribution in [2.24, 2.45) is 0 Å². The predicted octanol–water partition coefficient (Wildman–Crippen LogP) is 1.63. The van der Waals surface area contributed by atoms with Gasteiger partial charge in [0, 0.05) is 24.6 Å². The van der Waals surface area contributed by atoms with Crippen LogP contribution >= 0.6 is 15.9 Å². The third-order valence-electron chi connectivity index (χ3n) is 1.94. The number of benzene rings is 1. The Bertz CT molecular complexity index is 304. The van der Waals surface area contributed by atoms with Gasteiger partial charge in [0.1, 0.15) is 0 Å². The Morgan fingerprint density at radius 3 is 2.86 bits per heavy atom. The second-order valence-electron chi connectivity index (χ2n) is 2.94. The van der Waals surface area contributed by atoms with Gasteiger partial charge in [-0.05, 0) is 28.1 Å². The molecule has 0 bridgehead atoms. The molecule has 14 heavy (non-hydrogen) atoms. The van der Waals surface area contributed by atoms with Crippen LogP contribution in [0.5, 0.6) is 0 Å². The molecule has 0 saturated carbocycles. The Labute approximate surface area is 92.2 Å². The summed E-state index contributed by atoms with van der Waals surface area (Å²) in [5, 5.41) is 2.63. The zero-order valence-electron chi connectivity index (χ0n) is 8.03. The monoisotopic (exact) mass is 256 g/mol. The number of nitrogens with one attached hydrogen (secondary N) is 1. The summed E-state index contributed by atoms with van der Waals surface area (Å²) in [6.07, 6.45) is 0.716. The minimum absolute atomic E-state index is 0.654. The molecule has 0 fully saturated rings. The maximum Gasteiger partial charge on any atom is 0.207 e. The van der Waals surface area contributed by atoms with Gasteiger partial charge in [-0.3, -0.25) is 4.79 Å². The number of halogens is 1. The van der Waals surface area contributed by atoms with E-state index in [9.17, 15) is 4.79 Å². The fraction of sp³-hybridized carbons (Fsp3) is 0.300. The molecule has 1 N–H and O–H groups in total. The van der Waals surface area contributed by atoms with Crippen LogP contribution < -0.4 is 10.2 Å². The summed E-state index contributed by atoms with van der Waals surface area (Å²) in [6, 6.07) is 8.00. The number of hydrogen-bond acceptors (Lipinski definition) is 2. The molecule has 1 rings (SSSR count). The van der Waals surface area contributed by atoms with Gasteiger partial charge in [0.15, 0.2) is 0 Å². The summed E-state index contributed by atoms with van der Waals surface area (Å²) < 4.78 is 1.06. The van der Waals surface area contributed by atoms with Gasteiger partial charge in [-0.1, -0.05) is 12.1 Å². The zero-order valence-corrected chi connectivity index (χ0v) is 9.62. The Morgan fingerprint density at radius 2 is 2.21 bits per heavy atom. The molecule has 0 spiro atoms. The normalized spacial score (nSPS) is 9.57. The van der Waals surface area contributed by atoms with Gasteiger partial charge in [0.2, 0.25) is 6.41 Å². The topological polar surface area (TPSA) is 32.3 Å². The number of carbonyl (C=O) groups excluding carboxylic acids is 1. The van der Waals surface area contributed by atoms with Crippen molar-refractivity contribution < 1.29 is 4.79 Å². The second-order valence-corrected chi connectivity index (χ2v) is 3.80. The van der Waals surface area contributed by atoms with Gasteiger partial charge < -0.3 is 10.2 Å². The maximum absolute atomic E-state index is 10.1. The van der Waals surface area contributed by atoms with Gasteiger partial charge >= 0.3 is 0 Å². The number of anilines is 1. The highest BCUT2D eigenvalue weighted by molar-refractivity contribution is 9.10. The summed E-state index contributed by atoms with van der Waals surface area (Å²) in [5.74, 6) is 0. The lowest BCUT2D eigenvalue weighted by Crippen LogP contribution is -2.28. The minimum Gasteiger partial charge on any atom is -0.372 e. The largest absolute Gasteiger partial charge is 0.372 e. The molecule has 1 aromatic rings. The lowest BCUT2D eigenvalue weighted by molar-refractivity contribution is -0.109. The third kappa shape index (κ3) is 3.03. The van der Waals surface area contributed by atoms with Crippen LogP contribution in [0, 0.1) is 0 Å². The van der Waals surface area contributed by atoms with E-state index in [2.05, 4.69) is 26.1 Å². The molecule has 3 nitrogen and oxygen atoms in total. The van der Waals surface area contributed by atoms with Crippen LogP contribution in [0.3, 0.4) is 0 Å². The van der Waals surface area contributed by atoms with Crippen LogP contribution in [0.2, 0.25) is 0 Å². The van der Waals surface area contributed by atoms with Crippen LogP contribution in [-0.4, -0.2) is 26.5 Å². The number of para-hydroxylation sites is 1. The van der Waals surface area contributed by atoms with Crippen LogP contribution in [-0.2, 0) is 4.79 Å². The quantitative estimate of drug-likeness (QED) is 0.642. The predicted molar refractivity (Wildman–Crippen MR) is 61.5 cm³/mol. The third-order valence-corrected chi connectivity index (χ3v) is 2.61. The highest BCUT2D eigenvalue weighted by Crippen LogP contribution is 2.23. The first-order chi connectivity index (χ1) is 6.75. The summed E-state index contributed by atoms with van der Waals surface area (Å²) in [7, 11) is 1.99. The van der Waals surface area contributed by atoms with Gasteiger partial charge in [-0.15, -0.1) is 0 Å². The minimum atomic E-state index is 0.654. The molecule has 1 amide bonds. The van der Waals surface area contributed by atoms with Crippen molar-refractivity contribution in [3.8, 4) is 0 Å². The van der Waals surface area contributed by atoms with Crippen LogP contribution in [0.4, 0.5) is 5.69 Å². The first-order valence-corrected chi connectivity index (χ1v) is 5.17. The number of carbonyl (C=O) groups is 1. The Morgan fingerprint density at radius 1 is 1.50 bits per heavy atom. The van der Waals surface area contributed by atoms with E-state index in [0.717, 1.165) is 16.7 Å². The number of amides is 1. The molecule has 0 aliphatic rings. The van der Waals surface area contributed by atoms with E-state index in [1.807, 2.05) is 31.3 Å². The smallest absolute Gasteiger partial charge is 0.207 e. The molecular formula is C10H13BrN2O. The fourth-order valence-corrected chi connectivity index (χ4v) is 1.76. The number of hydrogen-bond donors (Lipinski definition) is 1. The molecule has 4 heteroatoms. The molecule has 0 aromatic heterocycles. The first kappa shape index (κ1) is 11.0. The van der Waals surface area contributed by atoms with E-state index in [-0.39, 0.29) is 0 Å². The van der Waals surface area contributed by atoms with E-state index in [1.54, 1.807) is 0 Å². The van der Waals surface area contributed by atoms with Gasteiger partial charge in [0.05, 0.1) is 5.69 Å². The van der Waals surface area contributed by atoms with Crippen molar-refractivity contribution in [2.45, 2.75) is 0 Å². The molecule has 0 aliphatic heterocycles. The van der Waals surface area contributed by atoms with Crippen molar-refractivity contribution in [3.05, 3.63) is 28.7 Å². The highest BCUT2D eigenvalue weighted by Gasteiger charge is 2.03. The SMILES string of the molecule is CN(CCNC=O)c1ccccc1Br.